The van der Waals surface area contributed by atoms with E-state index in [1.54, 1.807) is 22.9 Å². The Morgan fingerprint density at radius 2 is 1.79 bits per heavy atom. The zero-order valence-corrected chi connectivity index (χ0v) is 17.2. The number of para-hydroxylation sites is 1. The summed E-state index contributed by atoms with van der Waals surface area (Å²) in [5, 5.41) is 9.52. The summed E-state index contributed by atoms with van der Waals surface area (Å²) >= 11 is 12.3. The molecular formula is C21H20Cl2N4O2. The smallest absolute Gasteiger partial charge is 0.223 e. The van der Waals surface area contributed by atoms with Crippen LogP contribution in [0.15, 0.2) is 54.7 Å². The van der Waals surface area contributed by atoms with Gasteiger partial charge >= 0.3 is 0 Å². The van der Waals surface area contributed by atoms with Crippen LogP contribution < -0.4 is 4.74 Å². The van der Waals surface area contributed by atoms with Gasteiger partial charge in [-0.2, -0.15) is 0 Å². The first-order chi connectivity index (χ1) is 14.1. The first kappa shape index (κ1) is 19.7. The van der Waals surface area contributed by atoms with E-state index >= 15 is 0 Å². The summed E-state index contributed by atoms with van der Waals surface area (Å²) in [5.41, 5.74) is 1.58. The number of aromatic nitrogens is 3. The van der Waals surface area contributed by atoms with Gasteiger partial charge in [0.15, 0.2) is 0 Å². The molecule has 0 spiro atoms. The molecule has 1 amide bonds. The van der Waals surface area contributed by atoms with Crippen molar-refractivity contribution in [3.8, 4) is 5.75 Å². The largest absolute Gasteiger partial charge is 0.487 e. The highest BCUT2D eigenvalue weighted by atomic mass is 35.5. The molecule has 29 heavy (non-hydrogen) atoms. The molecule has 2 heterocycles. The van der Waals surface area contributed by atoms with Gasteiger partial charge in [0.2, 0.25) is 5.91 Å². The van der Waals surface area contributed by atoms with E-state index < -0.39 is 0 Å². The van der Waals surface area contributed by atoms with Gasteiger partial charge in [0.1, 0.15) is 18.1 Å². The van der Waals surface area contributed by atoms with Gasteiger partial charge in [-0.15, -0.1) is 5.10 Å². The van der Waals surface area contributed by atoms with E-state index in [2.05, 4.69) is 10.3 Å². The van der Waals surface area contributed by atoms with E-state index in [-0.39, 0.29) is 11.9 Å². The Hall–Kier alpha value is -2.57. The quantitative estimate of drug-likeness (QED) is 0.563. The van der Waals surface area contributed by atoms with Gasteiger partial charge in [0.05, 0.1) is 12.2 Å². The summed E-state index contributed by atoms with van der Waals surface area (Å²) in [7, 11) is 0. The van der Waals surface area contributed by atoms with Crippen molar-refractivity contribution in [3.05, 3.63) is 76.0 Å². The number of halogens is 2. The minimum atomic E-state index is 0.0880. The van der Waals surface area contributed by atoms with Crippen LogP contribution >= 0.6 is 23.2 Å². The summed E-state index contributed by atoms with van der Waals surface area (Å²) in [6.07, 6.45) is 2.78. The van der Waals surface area contributed by atoms with Gasteiger partial charge in [-0.1, -0.05) is 52.7 Å². The first-order valence-corrected chi connectivity index (χ1v) is 10.1. The maximum Gasteiger partial charge on any atom is 0.223 e. The molecule has 1 fully saturated rings. The standard InChI is InChI=1S/C21H20Cl2N4O2/c22-19-7-4-8-20(23)18(19)9-10-21(28)26-12-16(13-26)27-11-15(24-25-27)14-29-17-5-2-1-3-6-17/h1-8,11,16H,9-10,12-14H2. The number of amides is 1. The van der Waals surface area contributed by atoms with E-state index in [1.807, 2.05) is 41.4 Å². The Morgan fingerprint density at radius 3 is 2.52 bits per heavy atom. The molecule has 1 aliphatic rings. The van der Waals surface area contributed by atoms with Crippen molar-refractivity contribution >= 4 is 29.1 Å². The highest BCUT2D eigenvalue weighted by Gasteiger charge is 2.32. The van der Waals surface area contributed by atoms with Crippen molar-refractivity contribution in [1.82, 2.24) is 19.9 Å². The molecule has 0 N–H and O–H groups in total. The lowest BCUT2D eigenvalue weighted by atomic mass is 10.1. The molecule has 1 aliphatic heterocycles. The molecule has 4 rings (SSSR count). The minimum Gasteiger partial charge on any atom is -0.487 e. The second kappa shape index (κ2) is 8.84. The summed E-state index contributed by atoms with van der Waals surface area (Å²) < 4.78 is 7.49. The lowest BCUT2D eigenvalue weighted by Crippen LogP contribution is -2.51. The van der Waals surface area contributed by atoms with Crippen molar-refractivity contribution in [3.63, 3.8) is 0 Å². The summed E-state index contributed by atoms with van der Waals surface area (Å²) in [5.74, 6) is 0.881. The Labute approximate surface area is 179 Å². The van der Waals surface area contributed by atoms with Crippen LogP contribution in [0.4, 0.5) is 0 Å². The number of ether oxygens (including phenoxy) is 1. The summed E-state index contributed by atoms with van der Waals surface area (Å²) in [4.78, 5) is 14.3. The monoisotopic (exact) mass is 430 g/mol. The second-order valence-electron chi connectivity index (χ2n) is 6.94. The van der Waals surface area contributed by atoms with Crippen LogP contribution in [0.25, 0.3) is 0 Å². The zero-order chi connectivity index (χ0) is 20.2. The van der Waals surface area contributed by atoms with Crippen LogP contribution in [0.2, 0.25) is 10.0 Å². The van der Waals surface area contributed by atoms with Gasteiger partial charge in [-0.3, -0.25) is 4.79 Å². The highest BCUT2D eigenvalue weighted by Crippen LogP contribution is 2.27. The molecule has 150 valence electrons. The average molecular weight is 431 g/mol. The van der Waals surface area contributed by atoms with Crippen LogP contribution in [-0.4, -0.2) is 38.9 Å². The first-order valence-electron chi connectivity index (χ1n) is 9.39. The van der Waals surface area contributed by atoms with Gasteiger partial charge in [0, 0.05) is 29.6 Å². The third kappa shape index (κ3) is 4.71. The molecule has 1 aromatic heterocycles. The van der Waals surface area contributed by atoms with Gasteiger partial charge in [-0.25, -0.2) is 4.68 Å². The van der Waals surface area contributed by atoms with E-state index in [4.69, 9.17) is 27.9 Å². The number of carbonyl (C=O) groups is 1. The SMILES string of the molecule is O=C(CCc1c(Cl)cccc1Cl)N1CC(n2cc(COc3ccccc3)nn2)C1. The Morgan fingerprint density at radius 1 is 1.07 bits per heavy atom. The summed E-state index contributed by atoms with van der Waals surface area (Å²) in [6.45, 7) is 1.60. The molecule has 0 unspecified atom stereocenters. The molecule has 0 aliphatic carbocycles. The maximum atomic E-state index is 12.4. The topological polar surface area (TPSA) is 60.2 Å². The summed E-state index contributed by atoms with van der Waals surface area (Å²) in [6, 6.07) is 15.1. The lowest BCUT2D eigenvalue weighted by Gasteiger charge is -2.39. The fourth-order valence-corrected chi connectivity index (χ4v) is 3.81. The second-order valence-corrected chi connectivity index (χ2v) is 7.76. The van der Waals surface area contributed by atoms with E-state index in [0.29, 0.717) is 42.6 Å². The number of nitrogens with zero attached hydrogens (tertiary/aromatic N) is 4. The van der Waals surface area contributed by atoms with Crippen LogP contribution in [0.1, 0.15) is 23.7 Å². The molecule has 2 aromatic carbocycles. The normalized spacial score (nSPS) is 13.9. The molecule has 8 heteroatoms. The third-order valence-electron chi connectivity index (χ3n) is 4.93. The average Bonchev–Trinajstić information content (AvgIpc) is 3.14. The number of carbonyl (C=O) groups excluding carboxylic acids is 1. The molecule has 0 bridgehead atoms. The van der Waals surface area contributed by atoms with Crippen LogP contribution in [0, 0.1) is 0 Å². The fourth-order valence-electron chi connectivity index (χ4n) is 3.22. The fraction of sp³-hybridized carbons (Fsp3) is 0.286. The van der Waals surface area contributed by atoms with Crippen molar-refractivity contribution in [2.24, 2.45) is 0 Å². The molecule has 0 radical (unpaired) electrons. The molecule has 1 saturated heterocycles. The minimum absolute atomic E-state index is 0.0880. The number of benzene rings is 2. The highest BCUT2D eigenvalue weighted by molar-refractivity contribution is 6.36. The van der Waals surface area contributed by atoms with Gasteiger partial charge in [0.25, 0.3) is 0 Å². The van der Waals surface area contributed by atoms with E-state index in [0.717, 1.165) is 17.0 Å². The van der Waals surface area contributed by atoms with E-state index in [9.17, 15) is 4.79 Å². The van der Waals surface area contributed by atoms with Crippen LogP contribution in [0.5, 0.6) is 5.75 Å². The van der Waals surface area contributed by atoms with Crippen LogP contribution in [-0.2, 0) is 17.8 Å². The van der Waals surface area contributed by atoms with Crippen molar-refractivity contribution < 1.29 is 9.53 Å². The van der Waals surface area contributed by atoms with Crippen LogP contribution in [0.3, 0.4) is 0 Å². The molecule has 6 nitrogen and oxygen atoms in total. The van der Waals surface area contributed by atoms with Gasteiger partial charge < -0.3 is 9.64 Å². The predicted octanol–water partition coefficient (Wildman–Crippen LogP) is 4.18. The van der Waals surface area contributed by atoms with E-state index in [1.165, 1.54) is 0 Å². The third-order valence-corrected chi connectivity index (χ3v) is 5.64. The Balaban J connectivity index is 1.24. The zero-order valence-electron chi connectivity index (χ0n) is 15.7. The number of rotatable bonds is 7. The molecule has 0 saturated carbocycles. The van der Waals surface area contributed by atoms with Crippen molar-refractivity contribution in [2.75, 3.05) is 13.1 Å². The van der Waals surface area contributed by atoms with Gasteiger partial charge in [-0.05, 0) is 36.2 Å². The Kier molecular flexibility index (Phi) is 6.02. The molecule has 3 aromatic rings. The molecular weight excluding hydrogens is 411 g/mol. The lowest BCUT2D eigenvalue weighted by molar-refractivity contribution is -0.137. The predicted molar refractivity (Wildman–Crippen MR) is 111 cm³/mol. The maximum absolute atomic E-state index is 12.4. The van der Waals surface area contributed by atoms with Crippen molar-refractivity contribution in [1.29, 1.82) is 0 Å². The van der Waals surface area contributed by atoms with Crippen molar-refractivity contribution in [2.45, 2.75) is 25.5 Å². The molecule has 0 atom stereocenters. The number of hydrogen-bond acceptors (Lipinski definition) is 4. The number of likely N-dealkylation sites (tertiary alicyclic amines) is 1. The number of hydrogen-bond donors (Lipinski definition) is 0. The Bertz CT molecular complexity index is 967.